The van der Waals surface area contributed by atoms with Crippen LogP contribution in [-0.2, 0) is 16.6 Å². The molecule has 3 rings (SSSR count). The van der Waals surface area contributed by atoms with Crippen molar-refractivity contribution in [3.63, 3.8) is 0 Å². The average Bonchev–Trinajstić information content (AvgIpc) is 3.10. The molecule has 1 N–H and O–H groups in total. The molecule has 0 aliphatic carbocycles. The van der Waals surface area contributed by atoms with E-state index in [0.29, 0.717) is 6.42 Å². The molecule has 5 heteroatoms. The van der Waals surface area contributed by atoms with Crippen LogP contribution in [0.5, 0.6) is 0 Å². The van der Waals surface area contributed by atoms with Gasteiger partial charge in [-0.15, -0.1) is 11.3 Å². The fraction of sp³-hybridized carbons (Fsp3) is 0.333. The van der Waals surface area contributed by atoms with Gasteiger partial charge in [0.2, 0.25) is 0 Å². The molecule has 0 aliphatic heterocycles. The van der Waals surface area contributed by atoms with Crippen molar-refractivity contribution >= 4 is 28.3 Å². The van der Waals surface area contributed by atoms with Crippen LogP contribution in [-0.4, -0.2) is 16.1 Å². The maximum Gasteiger partial charge on any atom is 0.303 e. The Morgan fingerprint density at radius 3 is 2.74 bits per heavy atom. The molecule has 2 aromatic heterocycles. The molecule has 0 atom stereocenters. The first-order valence-corrected chi connectivity index (χ1v) is 8.41. The number of carboxylic acids is 1. The lowest BCUT2D eigenvalue weighted by Crippen LogP contribution is -2.11. The van der Waals surface area contributed by atoms with Crippen molar-refractivity contribution in [2.75, 3.05) is 0 Å². The van der Waals surface area contributed by atoms with Crippen molar-refractivity contribution in [2.45, 2.75) is 39.0 Å². The number of thiazole rings is 1. The van der Waals surface area contributed by atoms with Crippen LogP contribution in [0.15, 0.2) is 34.1 Å². The van der Waals surface area contributed by atoms with Crippen LogP contribution in [0.1, 0.15) is 38.4 Å². The number of rotatable bonds is 4. The summed E-state index contributed by atoms with van der Waals surface area (Å²) in [5, 5.41) is 12.7. The van der Waals surface area contributed by atoms with E-state index in [1.165, 1.54) is 0 Å². The van der Waals surface area contributed by atoms with Gasteiger partial charge in [0.05, 0.1) is 5.69 Å². The standard InChI is InChI=1S/C18H19NO3S/c1-18(2,3)15-10-23-17(19-15)14-9-12-8-11(5-7-16(20)21)4-6-13(12)22-14/h4,6,8-10H,5,7H2,1-3H3,(H,20,21). The molecule has 0 saturated carbocycles. The van der Waals surface area contributed by atoms with Gasteiger partial charge in [-0.05, 0) is 30.2 Å². The van der Waals surface area contributed by atoms with Gasteiger partial charge < -0.3 is 9.52 Å². The van der Waals surface area contributed by atoms with E-state index >= 15 is 0 Å². The van der Waals surface area contributed by atoms with E-state index in [9.17, 15) is 4.79 Å². The van der Waals surface area contributed by atoms with Gasteiger partial charge in [-0.1, -0.05) is 26.8 Å². The number of aliphatic carboxylic acids is 1. The maximum atomic E-state index is 10.7. The van der Waals surface area contributed by atoms with Crippen molar-refractivity contribution in [3.05, 3.63) is 40.9 Å². The minimum absolute atomic E-state index is 0.0186. The first kappa shape index (κ1) is 15.7. The highest BCUT2D eigenvalue weighted by Crippen LogP contribution is 2.33. The van der Waals surface area contributed by atoms with Crippen molar-refractivity contribution in [3.8, 4) is 10.8 Å². The lowest BCUT2D eigenvalue weighted by Gasteiger charge is -2.13. The highest BCUT2D eigenvalue weighted by Gasteiger charge is 2.19. The van der Waals surface area contributed by atoms with E-state index in [-0.39, 0.29) is 11.8 Å². The van der Waals surface area contributed by atoms with Gasteiger partial charge in [-0.2, -0.15) is 0 Å². The molecule has 0 radical (unpaired) electrons. The maximum absolute atomic E-state index is 10.7. The molecule has 3 aromatic rings. The molecular formula is C18H19NO3S. The molecular weight excluding hydrogens is 310 g/mol. The summed E-state index contributed by atoms with van der Waals surface area (Å²) in [5.41, 5.74) is 2.87. The lowest BCUT2D eigenvalue weighted by atomic mass is 9.93. The van der Waals surface area contributed by atoms with Gasteiger partial charge >= 0.3 is 5.97 Å². The molecule has 0 saturated heterocycles. The number of aromatic nitrogens is 1. The molecule has 4 nitrogen and oxygen atoms in total. The van der Waals surface area contributed by atoms with Crippen LogP contribution in [0, 0.1) is 0 Å². The zero-order valence-corrected chi connectivity index (χ0v) is 14.2. The first-order chi connectivity index (χ1) is 10.8. The highest BCUT2D eigenvalue weighted by molar-refractivity contribution is 7.13. The third kappa shape index (κ3) is 3.45. The summed E-state index contributed by atoms with van der Waals surface area (Å²) in [5.74, 6) is -0.0219. The topological polar surface area (TPSA) is 63.3 Å². The van der Waals surface area contributed by atoms with E-state index in [2.05, 4.69) is 31.1 Å². The van der Waals surface area contributed by atoms with Crippen LogP contribution >= 0.6 is 11.3 Å². The van der Waals surface area contributed by atoms with Crippen LogP contribution in [0.2, 0.25) is 0 Å². The van der Waals surface area contributed by atoms with E-state index in [1.54, 1.807) is 11.3 Å². The number of hydrogen-bond donors (Lipinski definition) is 1. The summed E-state index contributed by atoms with van der Waals surface area (Å²) in [4.78, 5) is 15.4. The largest absolute Gasteiger partial charge is 0.481 e. The highest BCUT2D eigenvalue weighted by atomic mass is 32.1. The Hall–Kier alpha value is -2.14. The second kappa shape index (κ2) is 5.81. The van der Waals surface area contributed by atoms with E-state index < -0.39 is 5.97 Å². The Morgan fingerprint density at radius 2 is 2.09 bits per heavy atom. The van der Waals surface area contributed by atoms with Gasteiger partial charge in [0.1, 0.15) is 5.58 Å². The molecule has 0 aliphatic rings. The van der Waals surface area contributed by atoms with Gasteiger partial charge in [0.25, 0.3) is 0 Å². The van der Waals surface area contributed by atoms with Crippen LogP contribution in [0.3, 0.4) is 0 Å². The summed E-state index contributed by atoms with van der Waals surface area (Å²) < 4.78 is 5.89. The Bertz CT molecular complexity index is 855. The molecule has 2 heterocycles. The quantitative estimate of drug-likeness (QED) is 0.741. The zero-order valence-electron chi connectivity index (χ0n) is 13.4. The molecule has 0 spiro atoms. The molecule has 0 bridgehead atoms. The Kier molecular flexibility index (Phi) is 3.98. The number of nitrogens with zero attached hydrogens (tertiary/aromatic N) is 1. The van der Waals surface area contributed by atoms with E-state index in [0.717, 1.165) is 33.0 Å². The number of carbonyl (C=O) groups is 1. The fourth-order valence-corrected chi connectivity index (χ4v) is 3.33. The van der Waals surface area contributed by atoms with E-state index in [4.69, 9.17) is 9.52 Å². The Balaban J connectivity index is 1.90. The van der Waals surface area contributed by atoms with Crippen molar-refractivity contribution in [1.82, 2.24) is 4.98 Å². The molecule has 0 fully saturated rings. The van der Waals surface area contributed by atoms with Crippen LogP contribution in [0.25, 0.3) is 21.7 Å². The van der Waals surface area contributed by atoms with Crippen LogP contribution < -0.4 is 0 Å². The molecule has 23 heavy (non-hydrogen) atoms. The summed E-state index contributed by atoms with van der Waals surface area (Å²) in [7, 11) is 0. The third-order valence-electron chi connectivity index (χ3n) is 3.69. The fourth-order valence-electron chi connectivity index (χ4n) is 2.34. The van der Waals surface area contributed by atoms with Gasteiger partial charge in [0.15, 0.2) is 10.8 Å². The predicted octanol–water partition coefficient (Wildman–Crippen LogP) is 4.87. The normalized spacial score (nSPS) is 12.0. The molecule has 1 aromatic carbocycles. The summed E-state index contributed by atoms with van der Waals surface area (Å²) in [6, 6.07) is 7.78. The number of benzene rings is 1. The second-order valence-corrected chi connectivity index (χ2v) is 7.52. The summed E-state index contributed by atoms with van der Waals surface area (Å²) in [6.45, 7) is 6.41. The average molecular weight is 329 g/mol. The van der Waals surface area contributed by atoms with Gasteiger partial charge in [-0.3, -0.25) is 4.79 Å². The first-order valence-electron chi connectivity index (χ1n) is 7.53. The number of fused-ring (bicyclic) bond motifs is 1. The number of hydrogen-bond acceptors (Lipinski definition) is 4. The predicted molar refractivity (Wildman–Crippen MR) is 92.0 cm³/mol. The minimum Gasteiger partial charge on any atom is -0.481 e. The Morgan fingerprint density at radius 1 is 1.30 bits per heavy atom. The van der Waals surface area contributed by atoms with Crippen molar-refractivity contribution in [2.24, 2.45) is 0 Å². The molecule has 0 amide bonds. The van der Waals surface area contributed by atoms with Crippen LogP contribution in [0.4, 0.5) is 0 Å². The van der Waals surface area contributed by atoms with Gasteiger partial charge in [0, 0.05) is 22.6 Å². The third-order valence-corrected chi connectivity index (χ3v) is 4.55. The second-order valence-electron chi connectivity index (χ2n) is 6.66. The Labute approximate surface area is 138 Å². The van der Waals surface area contributed by atoms with Gasteiger partial charge in [-0.25, -0.2) is 4.98 Å². The summed E-state index contributed by atoms with van der Waals surface area (Å²) in [6.07, 6.45) is 0.662. The number of carboxylic acid groups (broad SMARTS) is 1. The van der Waals surface area contributed by atoms with Crippen molar-refractivity contribution < 1.29 is 14.3 Å². The SMILES string of the molecule is CC(C)(C)c1csc(-c2cc3cc(CCC(=O)O)ccc3o2)n1. The molecule has 120 valence electrons. The summed E-state index contributed by atoms with van der Waals surface area (Å²) >= 11 is 1.58. The van der Waals surface area contributed by atoms with Crippen molar-refractivity contribution in [1.29, 1.82) is 0 Å². The minimum atomic E-state index is -0.782. The molecule has 0 unspecified atom stereocenters. The lowest BCUT2D eigenvalue weighted by molar-refractivity contribution is -0.136. The number of aryl methyl sites for hydroxylation is 1. The van der Waals surface area contributed by atoms with E-state index in [1.807, 2.05) is 24.3 Å². The zero-order chi connectivity index (χ0) is 16.6. The monoisotopic (exact) mass is 329 g/mol. The number of furan rings is 1. The smallest absolute Gasteiger partial charge is 0.303 e.